The van der Waals surface area contributed by atoms with Crippen LogP contribution in [0.4, 0.5) is 17.1 Å². The lowest BCUT2D eigenvalue weighted by Crippen LogP contribution is -2.37. The highest BCUT2D eigenvalue weighted by atomic mass is 16.7. The second kappa shape index (κ2) is 10.5. The molecule has 10 heteroatoms. The summed E-state index contributed by atoms with van der Waals surface area (Å²) in [5.74, 6) is -0.718. The van der Waals surface area contributed by atoms with Crippen LogP contribution < -0.4 is 19.4 Å². The molecule has 3 aromatic rings. The van der Waals surface area contributed by atoms with Crippen molar-refractivity contribution in [1.82, 2.24) is 0 Å². The van der Waals surface area contributed by atoms with Crippen molar-refractivity contribution >= 4 is 28.9 Å². The summed E-state index contributed by atoms with van der Waals surface area (Å²) in [6.45, 7) is 2.63. The van der Waals surface area contributed by atoms with E-state index in [0.717, 1.165) is 17.7 Å². The number of unbranched alkanes of at least 4 members (excludes halogenated alkanes) is 1. The smallest absolute Gasteiger partial charge is 0.269 e. The zero-order valence-corrected chi connectivity index (χ0v) is 21.0. The topological polar surface area (TPSA) is 111 Å². The summed E-state index contributed by atoms with van der Waals surface area (Å²) in [6.07, 6.45) is 0.840. The van der Waals surface area contributed by atoms with Crippen molar-refractivity contribution in [3.8, 4) is 11.5 Å². The first-order valence-electron chi connectivity index (χ1n) is 12.4. The predicted octanol–water partition coefficient (Wildman–Crippen LogP) is 4.83. The molecule has 2 aliphatic heterocycles. The number of ether oxygens (including phenoxy) is 2. The van der Waals surface area contributed by atoms with Crippen LogP contribution in [0, 0.1) is 16.0 Å². The van der Waals surface area contributed by atoms with Crippen LogP contribution in [0.3, 0.4) is 0 Å². The maximum Gasteiger partial charge on any atom is 0.269 e. The van der Waals surface area contributed by atoms with Crippen molar-refractivity contribution in [1.29, 1.82) is 0 Å². The number of nitro benzene ring substituents is 1. The van der Waals surface area contributed by atoms with Gasteiger partial charge in [0.1, 0.15) is 5.92 Å². The molecule has 5 rings (SSSR count). The summed E-state index contributed by atoms with van der Waals surface area (Å²) in [6, 6.07) is 19.4. The maximum atomic E-state index is 13.8. The van der Waals surface area contributed by atoms with Crippen molar-refractivity contribution in [3.05, 3.63) is 88.5 Å². The molecule has 2 aliphatic rings. The molecule has 3 aromatic carbocycles. The van der Waals surface area contributed by atoms with Gasteiger partial charge in [-0.25, -0.2) is 9.96 Å². The summed E-state index contributed by atoms with van der Waals surface area (Å²) < 4.78 is 11.5. The lowest BCUT2D eigenvalue weighted by atomic mass is 9.90. The fourth-order valence-corrected chi connectivity index (χ4v) is 4.84. The number of imide groups is 1. The van der Waals surface area contributed by atoms with Gasteiger partial charge in [0.15, 0.2) is 17.6 Å². The van der Waals surface area contributed by atoms with Crippen LogP contribution in [0.5, 0.6) is 11.5 Å². The van der Waals surface area contributed by atoms with E-state index in [9.17, 15) is 19.7 Å². The number of amides is 2. The fraction of sp³-hybridized carbons (Fsp3) is 0.286. The first-order chi connectivity index (χ1) is 18.4. The third-order valence-corrected chi connectivity index (χ3v) is 6.73. The van der Waals surface area contributed by atoms with E-state index in [2.05, 4.69) is 6.92 Å². The SMILES string of the molecule is CCCCOc1ccc([C@H]2[C@H]3C(=O)N(c4ccc([N+](=O)[O-])cc4)C(=O)[C@@H]3ON2c2ccccc2)cc1OC. The van der Waals surface area contributed by atoms with Gasteiger partial charge in [0.25, 0.3) is 11.6 Å². The first kappa shape index (κ1) is 25.2. The summed E-state index contributed by atoms with van der Waals surface area (Å²) in [4.78, 5) is 45.0. The fourth-order valence-electron chi connectivity index (χ4n) is 4.84. The third-order valence-electron chi connectivity index (χ3n) is 6.73. The molecule has 0 unspecified atom stereocenters. The van der Waals surface area contributed by atoms with Gasteiger partial charge < -0.3 is 9.47 Å². The minimum Gasteiger partial charge on any atom is -0.493 e. The van der Waals surface area contributed by atoms with Gasteiger partial charge in [0, 0.05) is 12.1 Å². The lowest BCUT2D eigenvalue weighted by Gasteiger charge is -2.29. The Morgan fingerprint density at radius 2 is 1.68 bits per heavy atom. The number of benzene rings is 3. The number of hydrogen-bond acceptors (Lipinski definition) is 8. The minimum atomic E-state index is -1.06. The first-order valence-corrected chi connectivity index (χ1v) is 12.4. The summed E-state index contributed by atoms with van der Waals surface area (Å²) in [5, 5.41) is 12.7. The van der Waals surface area contributed by atoms with Gasteiger partial charge in [-0.15, -0.1) is 0 Å². The van der Waals surface area contributed by atoms with Crippen molar-refractivity contribution < 1.29 is 28.8 Å². The number of anilines is 2. The molecule has 2 fully saturated rings. The molecule has 0 saturated carbocycles. The van der Waals surface area contributed by atoms with Gasteiger partial charge in [-0.3, -0.25) is 24.5 Å². The monoisotopic (exact) mass is 517 g/mol. The zero-order valence-electron chi connectivity index (χ0n) is 21.0. The van der Waals surface area contributed by atoms with E-state index >= 15 is 0 Å². The molecule has 0 N–H and O–H groups in total. The van der Waals surface area contributed by atoms with Crippen molar-refractivity contribution in [2.75, 3.05) is 23.7 Å². The number of hydroxylamine groups is 1. The standard InChI is InChI=1S/C28H27N3O7/c1-3-4-16-37-22-15-10-18(17-23(22)36-2)25-24-26(38-30(25)20-8-6-5-7-9-20)28(33)29(27(24)32)19-11-13-21(14-12-19)31(34)35/h5-15,17,24-26H,3-4,16H2,1-2H3/t24-,25+,26-/m1/s1. The van der Waals surface area contributed by atoms with Crippen LogP contribution in [0.1, 0.15) is 31.4 Å². The van der Waals surface area contributed by atoms with Gasteiger partial charge in [0.05, 0.1) is 36.1 Å². The number of non-ortho nitro benzene ring substituents is 1. The molecule has 38 heavy (non-hydrogen) atoms. The normalized spacial score (nSPS) is 20.5. The zero-order chi connectivity index (χ0) is 26.8. The molecular formula is C28H27N3O7. The van der Waals surface area contributed by atoms with E-state index < -0.39 is 34.8 Å². The van der Waals surface area contributed by atoms with Gasteiger partial charge >= 0.3 is 0 Å². The predicted molar refractivity (Wildman–Crippen MR) is 139 cm³/mol. The number of para-hydroxylation sites is 1. The minimum absolute atomic E-state index is 0.134. The van der Waals surface area contributed by atoms with Crippen LogP contribution >= 0.6 is 0 Å². The Bertz CT molecular complexity index is 1350. The molecule has 0 spiro atoms. The van der Waals surface area contributed by atoms with Crippen LogP contribution in [-0.4, -0.2) is 36.6 Å². The maximum absolute atomic E-state index is 13.8. The molecule has 2 heterocycles. The van der Waals surface area contributed by atoms with Crippen LogP contribution in [0.15, 0.2) is 72.8 Å². The molecular weight excluding hydrogens is 490 g/mol. The van der Waals surface area contributed by atoms with Crippen LogP contribution in [0.25, 0.3) is 0 Å². The summed E-state index contributed by atoms with van der Waals surface area (Å²) in [7, 11) is 1.55. The molecule has 0 bridgehead atoms. The number of rotatable bonds is 9. The second-order valence-corrected chi connectivity index (χ2v) is 9.06. The Hall–Kier alpha value is -4.44. The Labute approximate surface area is 219 Å². The number of carbonyl (C=O) groups excluding carboxylic acids is 2. The second-order valence-electron chi connectivity index (χ2n) is 9.06. The Kier molecular flexibility index (Phi) is 6.97. The van der Waals surface area contributed by atoms with E-state index in [1.807, 2.05) is 36.4 Å². The van der Waals surface area contributed by atoms with Gasteiger partial charge in [-0.05, 0) is 48.4 Å². The van der Waals surface area contributed by atoms with E-state index in [1.54, 1.807) is 24.3 Å². The summed E-state index contributed by atoms with van der Waals surface area (Å²) in [5.41, 5.74) is 1.53. The molecule has 0 radical (unpaired) electrons. The van der Waals surface area contributed by atoms with Gasteiger partial charge in [-0.2, -0.15) is 0 Å². The molecule has 3 atom stereocenters. The van der Waals surface area contributed by atoms with E-state index in [1.165, 1.54) is 24.3 Å². The third kappa shape index (κ3) is 4.43. The highest BCUT2D eigenvalue weighted by Crippen LogP contribution is 2.48. The average Bonchev–Trinajstić information content (AvgIpc) is 3.45. The Balaban J connectivity index is 1.53. The molecule has 2 amide bonds. The number of methoxy groups -OCH3 is 1. The van der Waals surface area contributed by atoms with Gasteiger partial charge in [0.2, 0.25) is 5.91 Å². The average molecular weight is 518 g/mol. The van der Waals surface area contributed by atoms with Crippen molar-refractivity contribution in [2.45, 2.75) is 31.9 Å². The number of nitro groups is 1. The molecule has 2 saturated heterocycles. The lowest BCUT2D eigenvalue weighted by molar-refractivity contribution is -0.384. The highest BCUT2D eigenvalue weighted by molar-refractivity contribution is 6.24. The number of nitrogens with zero attached hydrogens (tertiary/aromatic N) is 3. The van der Waals surface area contributed by atoms with Crippen LogP contribution in [0.2, 0.25) is 0 Å². The van der Waals surface area contributed by atoms with E-state index in [-0.39, 0.29) is 11.4 Å². The molecule has 10 nitrogen and oxygen atoms in total. The van der Waals surface area contributed by atoms with Crippen molar-refractivity contribution in [3.63, 3.8) is 0 Å². The number of hydrogen-bond donors (Lipinski definition) is 0. The Morgan fingerprint density at radius 3 is 2.34 bits per heavy atom. The molecule has 0 aromatic heterocycles. The molecule has 196 valence electrons. The molecule has 0 aliphatic carbocycles. The van der Waals surface area contributed by atoms with Gasteiger partial charge in [-0.1, -0.05) is 37.6 Å². The Morgan fingerprint density at radius 1 is 0.947 bits per heavy atom. The quantitative estimate of drug-likeness (QED) is 0.172. The summed E-state index contributed by atoms with van der Waals surface area (Å²) >= 11 is 0. The van der Waals surface area contributed by atoms with Crippen molar-refractivity contribution in [2.24, 2.45) is 5.92 Å². The van der Waals surface area contributed by atoms with Crippen LogP contribution in [-0.2, 0) is 14.4 Å². The number of fused-ring (bicyclic) bond motifs is 1. The van der Waals surface area contributed by atoms with E-state index in [0.29, 0.717) is 29.4 Å². The highest BCUT2D eigenvalue weighted by Gasteiger charge is 2.60. The number of carbonyl (C=O) groups is 2. The largest absolute Gasteiger partial charge is 0.493 e. The van der Waals surface area contributed by atoms with E-state index in [4.69, 9.17) is 14.3 Å².